The molecule has 3 fully saturated rings. The number of nitrogens with zero attached hydrogens (tertiary/aromatic N) is 6. The van der Waals surface area contributed by atoms with Gasteiger partial charge in [0.15, 0.2) is 11.5 Å². The van der Waals surface area contributed by atoms with E-state index in [9.17, 15) is 9.90 Å². The summed E-state index contributed by atoms with van der Waals surface area (Å²) >= 11 is 0. The van der Waals surface area contributed by atoms with Crippen molar-refractivity contribution in [3.05, 3.63) is 41.7 Å². The molecule has 0 unspecified atom stereocenters. The summed E-state index contributed by atoms with van der Waals surface area (Å²) in [7, 11) is 1.96. The maximum atomic E-state index is 13.4. The summed E-state index contributed by atoms with van der Waals surface area (Å²) in [6.07, 6.45) is 6.18. The minimum atomic E-state index is -1.02. The molecule has 1 saturated heterocycles. The Hall–Kier alpha value is -3.30. The van der Waals surface area contributed by atoms with Crippen LogP contribution in [0.2, 0.25) is 0 Å². The molecule has 4 aromatic rings. The zero-order chi connectivity index (χ0) is 25.6. The van der Waals surface area contributed by atoms with Crippen LogP contribution in [0.25, 0.3) is 33.7 Å². The molecular formula is C28H33N7O2. The number of aromatic nitrogens is 5. The topological polar surface area (TPSA) is 115 Å². The third-order valence-electron chi connectivity index (χ3n) is 8.61. The second-order valence-electron chi connectivity index (χ2n) is 11.8. The van der Waals surface area contributed by atoms with E-state index in [1.165, 1.54) is 12.8 Å². The highest BCUT2D eigenvalue weighted by molar-refractivity contribution is 5.97. The van der Waals surface area contributed by atoms with Gasteiger partial charge in [-0.25, -0.2) is 15.0 Å². The van der Waals surface area contributed by atoms with Gasteiger partial charge in [-0.3, -0.25) is 4.79 Å². The average Bonchev–Trinajstić information content (AvgIpc) is 3.28. The average molecular weight is 500 g/mol. The lowest BCUT2D eigenvalue weighted by Gasteiger charge is -2.27. The molecule has 7 rings (SSSR count). The van der Waals surface area contributed by atoms with Gasteiger partial charge in [0.05, 0.1) is 17.0 Å². The van der Waals surface area contributed by atoms with Crippen molar-refractivity contribution in [3.8, 4) is 11.5 Å². The number of carbonyl (C=O) groups excluding carboxylic acids is 1. The van der Waals surface area contributed by atoms with Crippen LogP contribution in [0.1, 0.15) is 55.6 Å². The number of aryl methyl sites for hydroxylation is 1. The number of nitrogens with two attached hydrogens (primary N) is 1. The van der Waals surface area contributed by atoms with Crippen molar-refractivity contribution in [3.63, 3.8) is 0 Å². The van der Waals surface area contributed by atoms with Gasteiger partial charge >= 0.3 is 0 Å². The van der Waals surface area contributed by atoms with Crippen molar-refractivity contribution in [2.24, 2.45) is 24.6 Å². The molecule has 2 saturated carbocycles. The fraction of sp³-hybridized carbons (Fsp3) is 0.500. The molecule has 192 valence electrons. The lowest BCUT2D eigenvalue weighted by Crippen LogP contribution is -2.41. The maximum Gasteiger partial charge on any atom is 0.255 e. The van der Waals surface area contributed by atoms with Gasteiger partial charge in [-0.1, -0.05) is 0 Å². The summed E-state index contributed by atoms with van der Waals surface area (Å²) in [6, 6.07) is 8.11. The van der Waals surface area contributed by atoms with Gasteiger partial charge in [0.2, 0.25) is 0 Å². The van der Waals surface area contributed by atoms with E-state index in [2.05, 4.69) is 15.6 Å². The summed E-state index contributed by atoms with van der Waals surface area (Å²) in [5, 5.41) is 11.6. The minimum Gasteiger partial charge on any atom is -0.384 e. The molecule has 4 aromatic heterocycles. The number of fused-ring (bicyclic) bond motifs is 4. The number of piperidine rings is 1. The van der Waals surface area contributed by atoms with Crippen LogP contribution in [0, 0.1) is 11.8 Å². The molecule has 2 bridgehead atoms. The van der Waals surface area contributed by atoms with Gasteiger partial charge < -0.3 is 24.9 Å². The second kappa shape index (κ2) is 7.85. The van der Waals surface area contributed by atoms with Crippen molar-refractivity contribution in [2.75, 3.05) is 6.54 Å². The summed E-state index contributed by atoms with van der Waals surface area (Å²) in [5.41, 5.74) is 9.79. The Bertz CT molecular complexity index is 1560. The Morgan fingerprint density at radius 3 is 2.62 bits per heavy atom. The first kappa shape index (κ1) is 22.9. The van der Waals surface area contributed by atoms with Crippen LogP contribution in [-0.2, 0) is 19.2 Å². The number of rotatable bonds is 5. The lowest BCUT2D eigenvalue weighted by molar-refractivity contribution is 0.0699. The molecule has 1 aliphatic heterocycles. The summed E-state index contributed by atoms with van der Waals surface area (Å²) in [4.78, 5) is 29.8. The molecule has 0 spiro atoms. The van der Waals surface area contributed by atoms with E-state index in [0.717, 1.165) is 54.1 Å². The third kappa shape index (κ3) is 3.59. The number of likely N-dealkylation sites (tertiary alicyclic amines) is 1. The van der Waals surface area contributed by atoms with Gasteiger partial charge in [-0.2, -0.15) is 0 Å². The van der Waals surface area contributed by atoms with Crippen LogP contribution in [0.15, 0.2) is 30.5 Å². The molecule has 9 heteroatoms. The number of pyridine rings is 2. The molecule has 37 heavy (non-hydrogen) atoms. The Labute approximate surface area is 215 Å². The number of amides is 1. The van der Waals surface area contributed by atoms with E-state index in [1.807, 2.05) is 34.7 Å². The smallest absolute Gasteiger partial charge is 0.255 e. The standard InChI is InChI=1S/C28H33N7O2/c1-28(2,37)22-9-7-16-11-21(34(24(16)32-22)13-15-4-5-15)26-31-19-10-18(12-30-25(19)33(26)3)27(36)35-14-17-6-8-20(35)23(17)29/h7,9-12,15,17,20,23,37H,4-6,8,13-14,29H2,1-3H3/t17-,20-,23-/m1/s1. The van der Waals surface area contributed by atoms with Gasteiger partial charge in [0.25, 0.3) is 5.91 Å². The first-order valence-electron chi connectivity index (χ1n) is 13.3. The summed E-state index contributed by atoms with van der Waals surface area (Å²) < 4.78 is 4.23. The monoisotopic (exact) mass is 499 g/mol. The zero-order valence-electron chi connectivity index (χ0n) is 21.6. The molecule has 2 aliphatic carbocycles. The highest BCUT2D eigenvalue weighted by Crippen LogP contribution is 2.38. The molecule has 3 atom stereocenters. The van der Waals surface area contributed by atoms with E-state index in [1.54, 1.807) is 20.0 Å². The second-order valence-corrected chi connectivity index (χ2v) is 11.8. The number of imidazole rings is 1. The van der Waals surface area contributed by atoms with Crippen molar-refractivity contribution in [1.82, 2.24) is 29.0 Å². The van der Waals surface area contributed by atoms with E-state index in [-0.39, 0.29) is 18.0 Å². The van der Waals surface area contributed by atoms with Crippen molar-refractivity contribution in [2.45, 2.75) is 63.8 Å². The fourth-order valence-electron chi connectivity index (χ4n) is 6.27. The van der Waals surface area contributed by atoms with Crippen molar-refractivity contribution < 1.29 is 9.90 Å². The van der Waals surface area contributed by atoms with Crippen LogP contribution in [0.3, 0.4) is 0 Å². The Morgan fingerprint density at radius 1 is 1.14 bits per heavy atom. The highest BCUT2D eigenvalue weighted by Gasteiger charge is 2.47. The van der Waals surface area contributed by atoms with E-state index in [0.29, 0.717) is 28.6 Å². The molecule has 0 radical (unpaired) electrons. The molecule has 5 heterocycles. The first-order valence-corrected chi connectivity index (χ1v) is 13.3. The van der Waals surface area contributed by atoms with E-state index in [4.69, 9.17) is 15.7 Å². The van der Waals surface area contributed by atoms with E-state index >= 15 is 0 Å². The van der Waals surface area contributed by atoms with Crippen LogP contribution < -0.4 is 5.73 Å². The molecule has 3 aliphatic rings. The first-order chi connectivity index (χ1) is 17.7. The predicted molar refractivity (Wildman–Crippen MR) is 141 cm³/mol. The molecule has 0 aromatic carbocycles. The van der Waals surface area contributed by atoms with Gasteiger partial charge in [0.1, 0.15) is 16.8 Å². The normalized spacial score (nSPS) is 23.6. The van der Waals surface area contributed by atoms with Gasteiger partial charge in [0, 0.05) is 43.8 Å². The van der Waals surface area contributed by atoms with Crippen LogP contribution in [-0.4, -0.2) is 58.6 Å². The largest absolute Gasteiger partial charge is 0.384 e. The SMILES string of the molecule is Cn1c(-c2cc3ccc(C(C)(C)O)nc3n2CC2CC2)nc2cc(C(=O)N3C[C@H]4CC[C@@H]3[C@@H]4N)cnc21. The van der Waals surface area contributed by atoms with E-state index < -0.39 is 5.60 Å². The molecular weight excluding hydrogens is 466 g/mol. The lowest BCUT2D eigenvalue weighted by atomic mass is 10.0. The molecule has 3 N–H and O–H groups in total. The Balaban J connectivity index is 1.31. The fourth-order valence-corrected chi connectivity index (χ4v) is 6.27. The van der Waals surface area contributed by atoms with Gasteiger partial charge in [-0.15, -0.1) is 0 Å². The number of carbonyl (C=O) groups is 1. The number of hydrogen-bond donors (Lipinski definition) is 2. The molecule has 9 nitrogen and oxygen atoms in total. The quantitative estimate of drug-likeness (QED) is 0.436. The minimum absolute atomic E-state index is 0.00422. The number of aliphatic hydroxyl groups is 1. The van der Waals surface area contributed by atoms with Crippen molar-refractivity contribution in [1.29, 1.82) is 0 Å². The maximum absolute atomic E-state index is 13.4. The predicted octanol–water partition coefficient (Wildman–Crippen LogP) is 3.18. The van der Waals surface area contributed by atoms with Gasteiger partial charge in [-0.05, 0) is 75.6 Å². The number of hydrogen-bond acceptors (Lipinski definition) is 6. The Morgan fingerprint density at radius 2 is 1.95 bits per heavy atom. The summed E-state index contributed by atoms with van der Waals surface area (Å²) in [5.74, 6) is 1.82. The molecule has 1 amide bonds. The van der Waals surface area contributed by atoms with Crippen LogP contribution in [0.4, 0.5) is 0 Å². The van der Waals surface area contributed by atoms with Crippen molar-refractivity contribution >= 4 is 28.1 Å². The summed E-state index contributed by atoms with van der Waals surface area (Å²) in [6.45, 7) is 5.11. The Kier molecular flexibility index (Phi) is 4.85. The third-order valence-corrected chi connectivity index (χ3v) is 8.61. The highest BCUT2D eigenvalue weighted by atomic mass is 16.3. The van der Waals surface area contributed by atoms with Crippen LogP contribution >= 0.6 is 0 Å². The van der Waals surface area contributed by atoms with Crippen LogP contribution in [0.5, 0.6) is 0 Å². The zero-order valence-corrected chi connectivity index (χ0v) is 21.6.